The highest BCUT2D eigenvalue weighted by atomic mass is 32.2. The first kappa shape index (κ1) is 21.5. The molecule has 0 spiro atoms. The molecule has 0 aliphatic rings. The van der Waals surface area contributed by atoms with Crippen molar-refractivity contribution in [2.24, 2.45) is 0 Å². The first-order chi connectivity index (χ1) is 14.3. The third-order valence-corrected chi connectivity index (χ3v) is 6.44. The highest BCUT2D eigenvalue weighted by Gasteiger charge is 2.25. The fourth-order valence-corrected chi connectivity index (χ4v) is 4.50. The van der Waals surface area contributed by atoms with Crippen LogP contribution in [-0.4, -0.2) is 35.9 Å². The number of benzene rings is 2. The third-order valence-electron chi connectivity index (χ3n) is 4.64. The maximum absolute atomic E-state index is 13.4. The molecule has 0 fully saturated rings. The van der Waals surface area contributed by atoms with Crippen LogP contribution in [0.1, 0.15) is 27.0 Å². The predicted molar refractivity (Wildman–Crippen MR) is 112 cm³/mol. The monoisotopic (exact) mass is 426 g/mol. The minimum Gasteiger partial charge on any atom is -0.496 e. The number of aryl methyl sites for hydroxylation is 1. The topological polar surface area (TPSA) is 96.8 Å². The van der Waals surface area contributed by atoms with E-state index in [9.17, 15) is 13.2 Å². The number of nitrogens with zero attached hydrogens (tertiary/aromatic N) is 2. The number of ether oxygens (including phenoxy) is 1. The lowest BCUT2D eigenvalue weighted by Gasteiger charge is -2.23. The van der Waals surface area contributed by atoms with Crippen LogP contribution in [0.2, 0.25) is 0 Å². The number of hydrogen-bond acceptors (Lipinski definition) is 5. The van der Waals surface area contributed by atoms with E-state index < -0.39 is 16.0 Å². The van der Waals surface area contributed by atoms with Crippen LogP contribution < -0.4 is 4.74 Å². The number of aromatic nitrogens is 1. The molecule has 0 saturated carbocycles. The van der Waals surface area contributed by atoms with E-state index in [1.54, 1.807) is 31.6 Å². The molecule has 3 rings (SSSR count). The second-order valence-electron chi connectivity index (χ2n) is 6.77. The average Bonchev–Trinajstić information content (AvgIpc) is 2.74. The van der Waals surface area contributed by atoms with Crippen LogP contribution >= 0.6 is 0 Å². The van der Waals surface area contributed by atoms with E-state index in [0.29, 0.717) is 0 Å². The van der Waals surface area contributed by atoms with Gasteiger partial charge in [-0.25, -0.2) is 13.2 Å². The molecule has 3 aromatic rings. The van der Waals surface area contributed by atoms with E-state index >= 15 is 0 Å². The molecule has 0 aliphatic heterocycles. The SMILES string of the molecule is COc1ccc(CN(Cc2cccnc2)S(=O)(=O)c2ccc(C(=O)O)cc2)cc1C. The molecule has 8 heteroatoms. The maximum Gasteiger partial charge on any atom is 0.335 e. The lowest BCUT2D eigenvalue weighted by molar-refractivity contribution is 0.0696. The van der Waals surface area contributed by atoms with Crippen molar-refractivity contribution in [1.82, 2.24) is 9.29 Å². The van der Waals surface area contributed by atoms with Gasteiger partial charge in [-0.05, 0) is 60.0 Å². The van der Waals surface area contributed by atoms with E-state index in [0.717, 1.165) is 22.4 Å². The predicted octanol–water partition coefficient (Wildman–Crippen LogP) is 3.49. The molecular formula is C22H22N2O5S. The van der Waals surface area contributed by atoms with Gasteiger partial charge in [-0.3, -0.25) is 4.98 Å². The summed E-state index contributed by atoms with van der Waals surface area (Å²) in [6.45, 7) is 2.16. The van der Waals surface area contributed by atoms with Gasteiger partial charge >= 0.3 is 5.97 Å². The second-order valence-corrected chi connectivity index (χ2v) is 8.71. The van der Waals surface area contributed by atoms with E-state index in [1.165, 1.54) is 28.6 Å². The van der Waals surface area contributed by atoms with E-state index in [-0.39, 0.29) is 23.5 Å². The Morgan fingerprint density at radius 2 is 1.77 bits per heavy atom. The molecule has 0 radical (unpaired) electrons. The Balaban J connectivity index is 1.97. The van der Waals surface area contributed by atoms with E-state index in [4.69, 9.17) is 9.84 Å². The number of carboxylic acids is 1. The van der Waals surface area contributed by atoms with Gasteiger partial charge in [0.2, 0.25) is 10.0 Å². The van der Waals surface area contributed by atoms with Gasteiger partial charge in [0, 0.05) is 25.5 Å². The van der Waals surface area contributed by atoms with Crippen LogP contribution in [0, 0.1) is 6.92 Å². The Labute approximate surface area is 175 Å². The zero-order valence-electron chi connectivity index (χ0n) is 16.6. The summed E-state index contributed by atoms with van der Waals surface area (Å²) >= 11 is 0. The molecule has 1 heterocycles. The number of hydrogen-bond donors (Lipinski definition) is 1. The summed E-state index contributed by atoms with van der Waals surface area (Å²) in [7, 11) is -2.30. The average molecular weight is 426 g/mol. The summed E-state index contributed by atoms with van der Waals surface area (Å²) < 4.78 is 33.4. The van der Waals surface area contributed by atoms with Crippen LogP contribution in [0.4, 0.5) is 0 Å². The lowest BCUT2D eigenvalue weighted by atomic mass is 10.1. The van der Waals surface area contributed by atoms with Crippen LogP contribution in [0.15, 0.2) is 71.9 Å². The molecule has 0 amide bonds. The van der Waals surface area contributed by atoms with Gasteiger partial charge < -0.3 is 9.84 Å². The van der Waals surface area contributed by atoms with Crippen molar-refractivity contribution in [3.8, 4) is 5.75 Å². The Morgan fingerprint density at radius 3 is 2.33 bits per heavy atom. The quantitative estimate of drug-likeness (QED) is 0.592. The van der Waals surface area contributed by atoms with Crippen molar-refractivity contribution in [2.75, 3.05) is 7.11 Å². The Hall–Kier alpha value is -3.23. The molecule has 0 saturated heterocycles. The molecular weight excluding hydrogens is 404 g/mol. The number of carboxylic acid groups (broad SMARTS) is 1. The molecule has 30 heavy (non-hydrogen) atoms. The van der Waals surface area contributed by atoms with Crippen molar-refractivity contribution in [2.45, 2.75) is 24.9 Å². The first-order valence-corrected chi connectivity index (χ1v) is 10.6. The summed E-state index contributed by atoms with van der Waals surface area (Å²) in [5.74, 6) is -0.385. The number of carbonyl (C=O) groups is 1. The second kappa shape index (κ2) is 9.06. The van der Waals surface area contributed by atoms with Crippen LogP contribution in [0.3, 0.4) is 0 Å². The van der Waals surface area contributed by atoms with Crippen molar-refractivity contribution in [1.29, 1.82) is 0 Å². The molecule has 0 aliphatic carbocycles. The van der Waals surface area contributed by atoms with Crippen LogP contribution in [-0.2, 0) is 23.1 Å². The summed E-state index contributed by atoms with van der Waals surface area (Å²) in [4.78, 5) is 15.2. The van der Waals surface area contributed by atoms with Gasteiger partial charge in [0.25, 0.3) is 0 Å². The molecule has 1 aromatic heterocycles. The molecule has 156 valence electrons. The summed E-state index contributed by atoms with van der Waals surface area (Å²) in [6.07, 6.45) is 3.25. The third kappa shape index (κ3) is 4.84. The van der Waals surface area contributed by atoms with Crippen molar-refractivity contribution < 1.29 is 23.1 Å². The molecule has 0 unspecified atom stereocenters. The highest BCUT2D eigenvalue weighted by molar-refractivity contribution is 7.89. The van der Waals surface area contributed by atoms with Gasteiger partial charge in [-0.2, -0.15) is 4.31 Å². The minimum absolute atomic E-state index is 0.0264. The molecule has 2 aromatic carbocycles. The van der Waals surface area contributed by atoms with Gasteiger partial charge in [0.15, 0.2) is 0 Å². The number of aromatic carboxylic acids is 1. The first-order valence-electron chi connectivity index (χ1n) is 9.17. The van der Waals surface area contributed by atoms with Crippen molar-refractivity contribution in [3.63, 3.8) is 0 Å². The Morgan fingerprint density at radius 1 is 1.07 bits per heavy atom. The molecule has 0 atom stereocenters. The van der Waals surface area contributed by atoms with Gasteiger partial charge in [0.05, 0.1) is 17.6 Å². The summed E-state index contributed by atoms with van der Waals surface area (Å²) in [6, 6.07) is 14.3. The summed E-state index contributed by atoms with van der Waals surface area (Å²) in [5.41, 5.74) is 2.48. The normalized spacial score (nSPS) is 11.4. The van der Waals surface area contributed by atoms with Crippen LogP contribution in [0.5, 0.6) is 5.75 Å². The van der Waals surface area contributed by atoms with Gasteiger partial charge in [-0.15, -0.1) is 0 Å². The maximum atomic E-state index is 13.4. The van der Waals surface area contributed by atoms with E-state index in [2.05, 4.69) is 4.98 Å². The fourth-order valence-electron chi connectivity index (χ4n) is 3.08. The summed E-state index contributed by atoms with van der Waals surface area (Å²) in [5, 5.41) is 9.07. The Kier molecular flexibility index (Phi) is 6.49. The van der Waals surface area contributed by atoms with E-state index in [1.807, 2.05) is 25.1 Å². The Bertz CT molecular complexity index is 1130. The van der Waals surface area contributed by atoms with Crippen molar-refractivity contribution in [3.05, 3.63) is 89.2 Å². The number of pyridine rings is 1. The van der Waals surface area contributed by atoms with Gasteiger partial charge in [0.1, 0.15) is 5.75 Å². The standard InChI is InChI=1S/C22H22N2O5S/c1-16-12-17(5-10-21(16)29-2)14-24(15-18-4-3-11-23-13-18)30(27,28)20-8-6-19(7-9-20)22(25)26/h3-13H,14-15H2,1-2H3,(H,25,26). The number of methoxy groups -OCH3 is 1. The zero-order chi connectivity index (χ0) is 21.7. The fraction of sp³-hybridized carbons (Fsp3) is 0.182. The molecule has 1 N–H and O–H groups in total. The minimum atomic E-state index is -3.89. The number of sulfonamides is 1. The highest BCUT2D eigenvalue weighted by Crippen LogP contribution is 2.24. The zero-order valence-corrected chi connectivity index (χ0v) is 17.5. The smallest absolute Gasteiger partial charge is 0.335 e. The molecule has 0 bridgehead atoms. The lowest BCUT2D eigenvalue weighted by Crippen LogP contribution is -2.30. The molecule has 7 nitrogen and oxygen atoms in total. The van der Waals surface area contributed by atoms with Gasteiger partial charge in [-0.1, -0.05) is 18.2 Å². The van der Waals surface area contributed by atoms with Crippen LogP contribution in [0.25, 0.3) is 0 Å². The van der Waals surface area contributed by atoms with Crippen molar-refractivity contribution >= 4 is 16.0 Å². The largest absolute Gasteiger partial charge is 0.496 e. The number of rotatable bonds is 8.